The van der Waals surface area contributed by atoms with Crippen molar-refractivity contribution >= 4 is 17.3 Å². The Balaban J connectivity index is 1.79. The molecule has 0 aliphatic carbocycles. The van der Waals surface area contributed by atoms with Gasteiger partial charge in [0.05, 0.1) is 29.9 Å². The van der Waals surface area contributed by atoms with E-state index in [0.717, 1.165) is 23.5 Å². The first-order valence-electron chi connectivity index (χ1n) is 9.72. The Bertz CT molecular complexity index is 1050. The van der Waals surface area contributed by atoms with Crippen molar-refractivity contribution in [2.75, 3.05) is 20.3 Å². The topological polar surface area (TPSA) is 42.3 Å². The monoisotopic (exact) mass is 446 g/mol. The van der Waals surface area contributed by atoms with Crippen molar-refractivity contribution in [2.45, 2.75) is 18.3 Å². The second kappa shape index (κ2) is 8.68. The molecule has 1 saturated heterocycles. The Morgan fingerprint density at radius 3 is 2.68 bits per heavy atom. The second-order valence-corrected chi connectivity index (χ2v) is 7.55. The lowest BCUT2D eigenvalue weighted by atomic mass is 10.0. The lowest BCUT2D eigenvalue weighted by molar-refractivity contribution is -0.137. The molecular formula is C22H21F3N4OS. The van der Waals surface area contributed by atoms with Gasteiger partial charge in [0.15, 0.2) is 5.11 Å². The van der Waals surface area contributed by atoms with Gasteiger partial charge < -0.3 is 19.5 Å². The summed E-state index contributed by atoms with van der Waals surface area (Å²) < 4.78 is 46.9. The summed E-state index contributed by atoms with van der Waals surface area (Å²) in [5.74, 6) is 0. The molecule has 0 bridgehead atoms. The number of aromatic nitrogens is 2. The Labute approximate surface area is 183 Å². The number of pyridine rings is 1. The Morgan fingerprint density at radius 2 is 1.97 bits per heavy atom. The summed E-state index contributed by atoms with van der Waals surface area (Å²) in [6, 6.07) is 14.1. The van der Waals surface area contributed by atoms with Crippen molar-refractivity contribution < 1.29 is 17.9 Å². The fourth-order valence-electron chi connectivity index (χ4n) is 3.86. The SMILES string of the molecule is COCCN1C(=S)N[C@@H](c2ccccn2)[C@@H]1c1cccn1-c1cccc(C(F)(F)F)c1. The number of thiocarbonyl (C=S) groups is 1. The van der Waals surface area contributed by atoms with Crippen LogP contribution < -0.4 is 5.32 Å². The van der Waals surface area contributed by atoms with E-state index in [2.05, 4.69) is 10.3 Å². The number of benzene rings is 1. The van der Waals surface area contributed by atoms with Gasteiger partial charge in [-0.15, -0.1) is 0 Å². The number of nitrogens with one attached hydrogen (secondary N) is 1. The smallest absolute Gasteiger partial charge is 0.383 e. The molecule has 0 spiro atoms. The predicted molar refractivity (Wildman–Crippen MR) is 115 cm³/mol. The molecule has 31 heavy (non-hydrogen) atoms. The number of methoxy groups -OCH3 is 1. The minimum Gasteiger partial charge on any atom is -0.383 e. The van der Waals surface area contributed by atoms with Crippen LogP contribution in [0.25, 0.3) is 5.69 Å². The number of nitrogens with zero attached hydrogens (tertiary/aromatic N) is 3. The lowest BCUT2D eigenvalue weighted by Crippen LogP contribution is -2.33. The molecular weight excluding hydrogens is 425 g/mol. The minimum atomic E-state index is -4.42. The molecule has 2 aromatic heterocycles. The first-order chi connectivity index (χ1) is 14.9. The average molecular weight is 446 g/mol. The van der Waals surface area contributed by atoms with Crippen LogP contribution in [0.4, 0.5) is 13.2 Å². The zero-order valence-corrected chi connectivity index (χ0v) is 17.5. The fourth-order valence-corrected chi connectivity index (χ4v) is 4.19. The molecule has 0 saturated carbocycles. The van der Waals surface area contributed by atoms with Gasteiger partial charge >= 0.3 is 6.18 Å². The highest BCUT2D eigenvalue weighted by Gasteiger charge is 2.41. The summed E-state index contributed by atoms with van der Waals surface area (Å²) in [7, 11) is 1.61. The largest absolute Gasteiger partial charge is 0.416 e. The van der Waals surface area contributed by atoms with Gasteiger partial charge in [-0.25, -0.2) is 0 Å². The van der Waals surface area contributed by atoms with Crippen molar-refractivity contribution in [3.63, 3.8) is 0 Å². The lowest BCUT2D eigenvalue weighted by Gasteiger charge is -2.28. The normalized spacial score (nSPS) is 19.0. The van der Waals surface area contributed by atoms with Crippen molar-refractivity contribution in [1.82, 2.24) is 19.8 Å². The summed E-state index contributed by atoms with van der Waals surface area (Å²) in [5.41, 5.74) is 1.34. The Hall–Kier alpha value is -2.91. The standard InChI is InChI=1S/C22H21F3N4OS/c1-30-13-12-29-20(19(27-21(29)31)17-8-2-3-10-26-17)18-9-5-11-28(18)16-7-4-6-15(14-16)22(23,24)25/h2-11,14,19-20H,12-13H2,1H3,(H,27,31)/t19-,20-/m0/s1. The minimum absolute atomic E-state index is 0.259. The molecule has 1 aliphatic rings. The van der Waals surface area contributed by atoms with Gasteiger partial charge in [0.25, 0.3) is 0 Å². The second-order valence-electron chi connectivity index (χ2n) is 7.16. The average Bonchev–Trinajstić information content (AvgIpc) is 3.36. The zero-order chi connectivity index (χ0) is 22.0. The van der Waals surface area contributed by atoms with Crippen LogP contribution in [0, 0.1) is 0 Å². The third-order valence-corrected chi connectivity index (χ3v) is 5.62. The number of hydrogen-bond donors (Lipinski definition) is 1. The Kier molecular flexibility index (Phi) is 5.97. The van der Waals surface area contributed by atoms with E-state index in [9.17, 15) is 13.2 Å². The summed E-state index contributed by atoms with van der Waals surface area (Å²) in [6.45, 7) is 0.988. The Morgan fingerprint density at radius 1 is 1.13 bits per heavy atom. The first-order valence-corrected chi connectivity index (χ1v) is 10.1. The van der Waals surface area contributed by atoms with E-state index in [-0.39, 0.29) is 12.1 Å². The zero-order valence-electron chi connectivity index (χ0n) is 16.7. The molecule has 2 atom stereocenters. The molecule has 1 N–H and O–H groups in total. The van der Waals surface area contributed by atoms with E-state index in [1.807, 2.05) is 35.2 Å². The van der Waals surface area contributed by atoms with E-state index >= 15 is 0 Å². The highest BCUT2D eigenvalue weighted by Crippen LogP contribution is 2.39. The van der Waals surface area contributed by atoms with E-state index in [4.69, 9.17) is 17.0 Å². The predicted octanol–water partition coefficient (Wildman–Crippen LogP) is 4.51. The molecule has 0 unspecified atom stereocenters. The van der Waals surface area contributed by atoms with Crippen molar-refractivity contribution in [3.8, 4) is 5.69 Å². The first kappa shape index (κ1) is 21.3. The van der Waals surface area contributed by atoms with E-state index in [1.54, 1.807) is 30.1 Å². The van der Waals surface area contributed by atoms with Gasteiger partial charge in [0, 0.05) is 37.4 Å². The van der Waals surface area contributed by atoms with Crippen LogP contribution in [-0.4, -0.2) is 39.8 Å². The van der Waals surface area contributed by atoms with Gasteiger partial charge in [0.1, 0.15) is 0 Å². The third kappa shape index (κ3) is 4.28. The molecule has 162 valence electrons. The molecule has 1 fully saturated rings. The van der Waals surface area contributed by atoms with Gasteiger partial charge in [0.2, 0.25) is 0 Å². The molecule has 0 radical (unpaired) electrons. The van der Waals surface area contributed by atoms with Crippen molar-refractivity contribution in [1.29, 1.82) is 0 Å². The van der Waals surface area contributed by atoms with Gasteiger partial charge in [-0.05, 0) is 54.7 Å². The highest BCUT2D eigenvalue weighted by molar-refractivity contribution is 7.80. The summed E-state index contributed by atoms with van der Waals surface area (Å²) in [5, 5.41) is 3.88. The quantitative estimate of drug-likeness (QED) is 0.565. The molecule has 3 heterocycles. The maximum absolute atomic E-state index is 13.3. The number of halogens is 3. The van der Waals surface area contributed by atoms with Crippen LogP contribution in [0.2, 0.25) is 0 Å². The molecule has 1 aliphatic heterocycles. The fraction of sp³-hybridized carbons (Fsp3) is 0.273. The van der Waals surface area contributed by atoms with E-state index < -0.39 is 11.7 Å². The van der Waals surface area contributed by atoms with Crippen LogP contribution in [0.5, 0.6) is 0 Å². The van der Waals surface area contributed by atoms with Gasteiger partial charge in [-0.3, -0.25) is 4.98 Å². The van der Waals surface area contributed by atoms with Gasteiger partial charge in [-0.2, -0.15) is 13.2 Å². The van der Waals surface area contributed by atoms with Crippen LogP contribution >= 0.6 is 12.2 Å². The molecule has 3 aromatic rings. The van der Waals surface area contributed by atoms with Crippen LogP contribution in [0.3, 0.4) is 0 Å². The van der Waals surface area contributed by atoms with E-state index in [1.165, 1.54) is 6.07 Å². The van der Waals surface area contributed by atoms with Crippen molar-refractivity contribution in [2.24, 2.45) is 0 Å². The maximum Gasteiger partial charge on any atom is 0.416 e. The van der Waals surface area contributed by atoms with E-state index in [0.29, 0.717) is 24.0 Å². The summed E-state index contributed by atoms with van der Waals surface area (Å²) >= 11 is 5.58. The molecule has 9 heteroatoms. The molecule has 4 rings (SSSR count). The molecule has 5 nitrogen and oxygen atoms in total. The number of rotatable bonds is 6. The summed E-state index contributed by atoms with van der Waals surface area (Å²) in [4.78, 5) is 6.48. The number of hydrogen-bond acceptors (Lipinski definition) is 3. The molecule has 1 aromatic carbocycles. The van der Waals surface area contributed by atoms with Crippen LogP contribution in [0.15, 0.2) is 67.0 Å². The molecule has 0 amide bonds. The highest BCUT2D eigenvalue weighted by atomic mass is 32.1. The van der Waals surface area contributed by atoms with Crippen LogP contribution in [-0.2, 0) is 10.9 Å². The van der Waals surface area contributed by atoms with Gasteiger partial charge in [-0.1, -0.05) is 12.1 Å². The van der Waals surface area contributed by atoms with Crippen molar-refractivity contribution in [3.05, 3.63) is 83.9 Å². The number of alkyl halides is 3. The van der Waals surface area contributed by atoms with Crippen LogP contribution in [0.1, 0.15) is 29.0 Å². The summed E-state index contributed by atoms with van der Waals surface area (Å²) in [6.07, 6.45) is -0.947. The maximum atomic E-state index is 13.3. The third-order valence-electron chi connectivity index (χ3n) is 5.27. The number of ether oxygens (including phenoxy) is 1.